The number of hydrogen-bond acceptors (Lipinski definition) is 3. The van der Waals surface area contributed by atoms with E-state index in [9.17, 15) is 14.0 Å². The van der Waals surface area contributed by atoms with E-state index in [0.29, 0.717) is 6.04 Å². The van der Waals surface area contributed by atoms with Gasteiger partial charge in [-0.1, -0.05) is 49.6 Å². The van der Waals surface area contributed by atoms with Crippen LogP contribution in [0.5, 0.6) is 0 Å². The average Bonchev–Trinajstić information content (AvgIpc) is 3.17. The summed E-state index contributed by atoms with van der Waals surface area (Å²) < 4.78 is 14.1. The van der Waals surface area contributed by atoms with Crippen LogP contribution in [0.3, 0.4) is 0 Å². The number of nitrogens with zero attached hydrogens (tertiary/aromatic N) is 2. The Labute approximate surface area is 183 Å². The number of halogens is 1. The Morgan fingerprint density at radius 2 is 1.81 bits per heavy atom. The van der Waals surface area contributed by atoms with Gasteiger partial charge in [-0.25, -0.2) is 4.39 Å². The summed E-state index contributed by atoms with van der Waals surface area (Å²) >= 11 is 0. The topological polar surface area (TPSA) is 52.7 Å². The summed E-state index contributed by atoms with van der Waals surface area (Å²) in [6.07, 6.45) is 6.41. The molecular weight excluding hydrogens is 393 g/mol. The standard InChI is InChI=1S/C25H30FN3O2/c1-28(20-10-3-2-4-11-20)16-18-9-5-7-13-22(18)27-25(31)19-15-24(30)29(17-19)23-14-8-6-12-21(23)26/h5-9,12-14,19-20H,2-4,10-11,15-17H2,1H3,(H,27,31). The van der Waals surface area contributed by atoms with E-state index in [-0.39, 0.29) is 30.5 Å². The highest BCUT2D eigenvalue weighted by Gasteiger charge is 2.36. The molecule has 1 saturated heterocycles. The zero-order chi connectivity index (χ0) is 21.8. The molecule has 5 nitrogen and oxygen atoms in total. The van der Waals surface area contributed by atoms with Crippen LogP contribution in [0.1, 0.15) is 44.1 Å². The summed E-state index contributed by atoms with van der Waals surface area (Å²) in [4.78, 5) is 29.2. The minimum absolute atomic E-state index is 0.0876. The lowest BCUT2D eigenvalue weighted by atomic mass is 9.94. The van der Waals surface area contributed by atoms with Gasteiger partial charge in [-0.15, -0.1) is 0 Å². The third kappa shape index (κ3) is 4.96. The molecule has 164 valence electrons. The lowest BCUT2D eigenvalue weighted by Crippen LogP contribution is -2.33. The van der Waals surface area contributed by atoms with Crippen LogP contribution in [0.25, 0.3) is 0 Å². The predicted molar refractivity (Wildman–Crippen MR) is 120 cm³/mol. The van der Waals surface area contributed by atoms with Crippen LogP contribution >= 0.6 is 0 Å². The third-order valence-electron chi connectivity index (χ3n) is 6.53. The summed E-state index contributed by atoms with van der Waals surface area (Å²) in [6, 6.07) is 14.6. The van der Waals surface area contributed by atoms with E-state index in [1.165, 1.54) is 43.1 Å². The van der Waals surface area contributed by atoms with Gasteiger partial charge in [-0.3, -0.25) is 14.5 Å². The predicted octanol–water partition coefficient (Wildman–Crippen LogP) is 4.58. The van der Waals surface area contributed by atoms with E-state index < -0.39 is 11.7 Å². The van der Waals surface area contributed by atoms with E-state index >= 15 is 0 Å². The van der Waals surface area contributed by atoms with Crippen molar-refractivity contribution in [2.75, 3.05) is 23.8 Å². The molecule has 1 unspecified atom stereocenters. The van der Waals surface area contributed by atoms with Crippen LogP contribution in [-0.4, -0.2) is 36.3 Å². The summed E-state index contributed by atoms with van der Waals surface area (Å²) in [7, 11) is 2.15. The Kier molecular flexibility index (Phi) is 6.66. The van der Waals surface area contributed by atoms with Crippen LogP contribution in [0, 0.1) is 11.7 Å². The second kappa shape index (κ2) is 9.60. The van der Waals surface area contributed by atoms with E-state index in [0.717, 1.165) is 17.8 Å². The van der Waals surface area contributed by atoms with Crippen molar-refractivity contribution in [1.82, 2.24) is 4.90 Å². The fourth-order valence-corrected chi connectivity index (χ4v) is 4.72. The maximum atomic E-state index is 14.1. The highest BCUT2D eigenvalue weighted by molar-refractivity contribution is 6.03. The molecule has 2 aromatic carbocycles. The number of amides is 2. The lowest BCUT2D eigenvalue weighted by Gasteiger charge is -2.31. The SMILES string of the molecule is CN(Cc1ccccc1NC(=O)C1CC(=O)N(c2ccccc2F)C1)C1CCCCC1. The van der Waals surface area contributed by atoms with Crippen molar-refractivity contribution in [3.63, 3.8) is 0 Å². The van der Waals surface area contributed by atoms with Gasteiger partial charge in [0.15, 0.2) is 0 Å². The van der Waals surface area contributed by atoms with E-state index in [4.69, 9.17) is 0 Å². The van der Waals surface area contributed by atoms with Crippen LogP contribution in [0.2, 0.25) is 0 Å². The molecule has 0 radical (unpaired) electrons. The molecular formula is C25H30FN3O2. The van der Waals surface area contributed by atoms with Crippen molar-refractivity contribution < 1.29 is 14.0 Å². The highest BCUT2D eigenvalue weighted by Crippen LogP contribution is 2.29. The Balaban J connectivity index is 1.42. The van der Waals surface area contributed by atoms with Crippen molar-refractivity contribution in [3.8, 4) is 0 Å². The van der Waals surface area contributed by atoms with Gasteiger partial charge in [-0.05, 0) is 43.7 Å². The average molecular weight is 424 g/mol. The second-order valence-electron chi connectivity index (χ2n) is 8.71. The number of rotatable bonds is 6. The molecule has 6 heteroatoms. The number of benzene rings is 2. The first kappa shape index (κ1) is 21.5. The summed E-state index contributed by atoms with van der Waals surface area (Å²) in [6.45, 7) is 0.960. The maximum absolute atomic E-state index is 14.1. The van der Waals surface area contributed by atoms with Gasteiger partial charge in [0, 0.05) is 31.2 Å². The number of carbonyl (C=O) groups is 2. The molecule has 1 atom stereocenters. The fraction of sp³-hybridized carbons (Fsp3) is 0.440. The Morgan fingerprint density at radius 3 is 2.58 bits per heavy atom. The Morgan fingerprint density at radius 1 is 1.10 bits per heavy atom. The van der Waals surface area contributed by atoms with Crippen molar-refractivity contribution in [2.45, 2.75) is 51.1 Å². The van der Waals surface area contributed by atoms with Crippen LogP contribution in [0.4, 0.5) is 15.8 Å². The quantitative estimate of drug-likeness (QED) is 0.740. The summed E-state index contributed by atoms with van der Waals surface area (Å²) in [5, 5.41) is 3.03. The fourth-order valence-electron chi connectivity index (χ4n) is 4.72. The monoisotopic (exact) mass is 423 g/mol. The molecule has 0 spiro atoms. The van der Waals surface area contributed by atoms with Gasteiger partial charge in [0.2, 0.25) is 11.8 Å². The number of anilines is 2. The van der Waals surface area contributed by atoms with Crippen molar-refractivity contribution in [3.05, 3.63) is 59.9 Å². The first-order chi connectivity index (χ1) is 15.0. The van der Waals surface area contributed by atoms with Gasteiger partial charge in [0.25, 0.3) is 0 Å². The van der Waals surface area contributed by atoms with Crippen molar-refractivity contribution >= 4 is 23.2 Å². The Hall–Kier alpha value is -2.73. The number of nitrogens with one attached hydrogen (secondary N) is 1. The largest absolute Gasteiger partial charge is 0.325 e. The van der Waals surface area contributed by atoms with Crippen LogP contribution in [-0.2, 0) is 16.1 Å². The number of hydrogen-bond donors (Lipinski definition) is 1. The second-order valence-corrected chi connectivity index (χ2v) is 8.71. The van der Waals surface area contributed by atoms with E-state index in [1.54, 1.807) is 18.2 Å². The highest BCUT2D eigenvalue weighted by atomic mass is 19.1. The normalized spacial score (nSPS) is 19.8. The third-order valence-corrected chi connectivity index (χ3v) is 6.53. The number of para-hydroxylation sites is 2. The van der Waals surface area contributed by atoms with Crippen molar-refractivity contribution in [1.29, 1.82) is 0 Å². The van der Waals surface area contributed by atoms with Gasteiger partial charge in [0.1, 0.15) is 5.82 Å². The van der Waals surface area contributed by atoms with E-state index in [1.807, 2.05) is 24.3 Å². The molecule has 1 heterocycles. The minimum Gasteiger partial charge on any atom is -0.325 e. The molecule has 1 N–H and O–H groups in total. The molecule has 0 aromatic heterocycles. The lowest BCUT2D eigenvalue weighted by molar-refractivity contribution is -0.122. The molecule has 2 fully saturated rings. The van der Waals surface area contributed by atoms with Gasteiger partial charge < -0.3 is 10.2 Å². The van der Waals surface area contributed by atoms with Gasteiger partial charge >= 0.3 is 0 Å². The van der Waals surface area contributed by atoms with Crippen LogP contribution in [0.15, 0.2) is 48.5 Å². The smallest absolute Gasteiger partial charge is 0.229 e. The molecule has 1 saturated carbocycles. The van der Waals surface area contributed by atoms with Crippen LogP contribution < -0.4 is 10.2 Å². The minimum atomic E-state index is -0.503. The van der Waals surface area contributed by atoms with Gasteiger partial charge in [-0.2, -0.15) is 0 Å². The van der Waals surface area contributed by atoms with E-state index in [2.05, 4.69) is 17.3 Å². The number of carbonyl (C=O) groups excluding carboxylic acids is 2. The molecule has 31 heavy (non-hydrogen) atoms. The zero-order valence-corrected chi connectivity index (χ0v) is 18.0. The first-order valence-corrected chi connectivity index (χ1v) is 11.2. The van der Waals surface area contributed by atoms with Crippen molar-refractivity contribution in [2.24, 2.45) is 5.92 Å². The zero-order valence-electron chi connectivity index (χ0n) is 18.0. The van der Waals surface area contributed by atoms with Gasteiger partial charge in [0.05, 0.1) is 11.6 Å². The molecule has 2 aliphatic rings. The molecule has 4 rings (SSSR count). The molecule has 0 bridgehead atoms. The molecule has 2 aromatic rings. The molecule has 1 aliphatic heterocycles. The summed E-state index contributed by atoms with van der Waals surface area (Å²) in [5.41, 5.74) is 2.09. The Bertz CT molecular complexity index is 942. The molecule has 2 amide bonds. The first-order valence-electron chi connectivity index (χ1n) is 11.2. The molecule has 1 aliphatic carbocycles. The maximum Gasteiger partial charge on any atom is 0.229 e. The summed E-state index contributed by atoms with van der Waals surface area (Å²) in [5.74, 6) is -1.38.